The molecule has 0 radical (unpaired) electrons. The number of halogens is 5. The molecule has 0 spiro atoms. The Bertz CT molecular complexity index is 732. The van der Waals surface area contributed by atoms with Crippen molar-refractivity contribution < 1.29 is 26.1 Å². The molecular weight excluding hydrogens is 382 g/mol. The number of nitrogens with zero attached hydrogens (tertiary/aromatic N) is 3. The highest BCUT2D eigenvalue weighted by atomic mass is 35.5. The highest BCUT2D eigenvalue weighted by molar-refractivity contribution is 7.86. The second-order valence-electron chi connectivity index (χ2n) is 4.69. The molecule has 0 amide bonds. The van der Waals surface area contributed by atoms with Gasteiger partial charge in [0.05, 0.1) is 21.3 Å². The molecule has 1 N–H and O–H groups in total. The lowest BCUT2D eigenvalue weighted by atomic mass is 10.2. The highest BCUT2D eigenvalue weighted by Crippen LogP contribution is 2.41. The summed E-state index contributed by atoms with van der Waals surface area (Å²) in [5, 5.41) is 3.11. The summed E-state index contributed by atoms with van der Waals surface area (Å²) in [5.41, 5.74) is -1.01. The number of hydrogen-bond donors (Lipinski definition) is 1. The van der Waals surface area contributed by atoms with Gasteiger partial charge in [-0.15, -0.1) is 0 Å². The van der Waals surface area contributed by atoms with E-state index in [0.717, 1.165) is 16.2 Å². The van der Waals surface area contributed by atoms with Crippen LogP contribution in [0.2, 0.25) is 10.0 Å². The summed E-state index contributed by atoms with van der Waals surface area (Å²) in [6.45, 7) is 1.06. The topological polar surface area (TPSA) is 73.2 Å². The molecular formula is C11H10Cl2F3N3O3S. The van der Waals surface area contributed by atoms with E-state index in [-0.39, 0.29) is 22.4 Å². The monoisotopic (exact) mass is 391 g/mol. The van der Waals surface area contributed by atoms with Gasteiger partial charge in [0.1, 0.15) is 13.0 Å². The first kappa shape index (κ1) is 18.1. The second-order valence-corrected chi connectivity index (χ2v) is 7.21. The number of hydrogen-bond acceptors (Lipinski definition) is 5. The average Bonchev–Trinajstić information content (AvgIpc) is 2.84. The molecule has 0 bridgehead atoms. The van der Waals surface area contributed by atoms with Crippen LogP contribution in [0, 0.1) is 0 Å². The van der Waals surface area contributed by atoms with Crippen LogP contribution in [0.25, 0.3) is 0 Å². The molecule has 0 aromatic heterocycles. The predicted octanol–water partition coefficient (Wildman–Crippen LogP) is 3.27. The molecule has 1 atom stereocenters. The maximum Gasteiger partial charge on any atom is 0.416 e. The molecule has 0 fully saturated rings. The van der Waals surface area contributed by atoms with Gasteiger partial charge in [-0.2, -0.15) is 26.7 Å². The van der Waals surface area contributed by atoms with Crippen LogP contribution >= 0.6 is 23.2 Å². The smallest absolute Gasteiger partial charge is 0.323 e. The van der Waals surface area contributed by atoms with Crippen LogP contribution in [-0.4, -0.2) is 36.3 Å². The van der Waals surface area contributed by atoms with Gasteiger partial charge in [-0.3, -0.25) is 4.55 Å². The van der Waals surface area contributed by atoms with Crippen molar-refractivity contribution in [3.05, 3.63) is 27.7 Å². The highest BCUT2D eigenvalue weighted by Gasteiger charge is 2.34. The Morgan fingerprint density at radius 3 is 2.26 bits per heavy atom. The molecule has 1 aliphatic rings. The number of alkyl halides is 3. The Labute approximate surface area is 139 Å². The molecule has 0 saturated heterocycles. The first-order chi connectivity index (χ1) is 10.4. The minimum Gasteiger partial charge on any atom is -0.323 e. The Hall–Kier alpha value is -1.23. The maximum atomic E-state index is 12.7. The van der Waals surface area contributed by atoms with E-state index in [1.807, 2.05) is 0 Å². The molecule has 0 aliphatic carbocycles. The minimum atomic E-state index is -4.61. The summed E-state index contributed by atoms with van der Waals surface area (Å²) in [6.07, 6.45) is -3.49. The summed E-state index contributed by atoms with van der Waals surface area (Å²) < 4.78 is 69.3. The Morgan fingerprint density at radius 2 is 1.83 bits per heavy atom. The van der Waals surface area contributed by atoms with E-state index in [1.165, 1.54) is 6.92 Å². The standard InChI is InChI=1S/C11H10Cl2F3N3O3S/c1-6(23(20,21)22)18-4-17-19(5-18)10-8(12)2-7(3-9(10)13)11(14,15)16/h2-4,6H,5H2,1H3,(H,20,21,22). The van der Waals surface area contributed by atoms with Gasteiger partial charge in [-0.25, -0.2) is 5.01 Å². The van der Waals surface area contributed by atoms with Gasteiger partial charge in [0, 0.05) is 0 Å². The maximum absolute atomic E-state index is 12.7. The number of hydrazone groups is 1. The lowest BCUT2D eigenvalue weighted by Crippen LogP contribution is -2.39. The van der Waals surface area contributed by atoms with E-state index in [2.05, 4.69) is 5.10 Å². The Balaban J connectivity index is 2.30. The van der Waals surface area contributed by atoms with Crippen molar-refractivity contribution in [3.63, 3.8) is 0 Å². The fraction of sp³-hybridized carbons (Fsp3) is 0.364. The van der Waals surface area contributed by atoms with Crippen molar-refractivity contribution in [2.24, 2.45) is 5.10 Å². The van der Waals surface area contributed by atoms with E-state index in [4.69, 9.17) is 27.8 Å². The van der Waals surface area contributed by atoms with Gasteiger partial charge >= 0.3 is 6.18 Å². The lowest BCUT2D eigenvalue weighted by molar-refractivity contribution is -0.137. The molecule has 1 aromatic rings. The van der Waals surface area contributed by atoms with Crippen molar-refractivity contribution in [2.45, 2.75) is 18.5 Å². The van der Waals surface area contributed by atoms with Crippen LogP contribution in [0.3, 0.4) is 0 Å². The van der Waals surface area contributed by atoms with Crippen molar-refractivity contribution in [1.29, 1.82) is 0 Å². The lowest BCUT2D eigenvalue weighted by Gasteiger charge is -2.24. The van der Waals surface area contributed by atoms with Crippen molar-refractivity contribution in [3.8, 4) is 0 Å². The minimum absolute atomic E-state index is 0.00243. The van der Waals surface area contributed by atoms with E-state index in [0.29, 0.717) is 12.1 Å². The fourth-order valence-corrected chi connectivity index (χ4v) is 2.99. The van der Waals surface area contributed by atoms with Gasteiger partial charge in [-0.1, -0.05) is 23.2 Å². The number of anilines is 1. The number of rotatable bonds is 3. The third kappa shape index (κ3) is 3.82. The first-order valence-electron chi connectivity index (χ1n) is 6.01. The van der Waals surface area contributed by atoms with Gasteiger partial charge in [0.2, 0.25) is 0 Å². The molecule has 1 heterocycles. The van der Waals surface area contributed by atoms with Crippen molar-refractivity contribution in [2.75, 3.05) is 11.7 Å². The van der Waals surface area contributed by atoms with Crippen LogP contribution in [0.5, 0.6) is 0 Å². The van der Waals surface area contributed by atoms with E-state index < -0.39 is 27.2 Å². The SMILES string of the molecule is CC(N1C=NN(c2c(Cl)cc(C(F)(F)F)cc2Cl)C1)S(=O)(=O)O. The van der Waals surface area contributed by atoms with Crippen LogP contribution < -0.4 is 5.01 Å². The van der Waals surface area contributed by atoms with Gasteiger partial charge in [0.15, 0.2) is 5.37 Å². The van der Waals surface area contributed by atoms with E-state index in [1.54, 1.807) is 0 Å². The summed E-state index contributed by atoms with van der Waals surface area (Å²) in [7, 11) is -4.34. The zero-order valence-electron chi connectivity index (χ0n) is 11.4. The number of benzene rings is 1. The summed E-state index contributed by atoms with van der Waals surface area (Å²) >= 11 is 11.7. The quantitative estimate of drug-likeness (QED) is 0.800. The predicted molar refractivity (Wildman–Crippen MR) is 80.2 cm³/mol. The van der Waals surface area contributed by atoms with Crippen molar-refractivity contribution >= 4 is 45.3 Å². The molecule has 1 unspecified atom stereocenters. The summed E-state index contributed by atoms with van der Waals surface area (Å²) in [5.74, 6) is 0. The molecule has 128 valence electrons. The van der Waals surface area contributed by atoms with Crippen LogP contribution in [0.1, 0.15) is 12.5 Å². The average molecular weight is 392 g/mol. The zero-order valence-corrected chi connectivity index (χ0v) is 13.7. The molecule has 12 heteroatoms. The largest absolute Gasteiger partial charge is 0.416 e. The zero-order chi connectivity index (χ0) is 17.6. The van der Waals surface area contributed by atoms with Crippen molar-refractivity contribution in [1.82, 2.24) is 4.90 Å². The van der Waals surface area contributed by atoms with Gasteiger partial charge in [-0.05, 0) is 19.1 Å². The summed E-state index contributed by atoms with van der Waals surface area (Å²) in [6, 6.07) is 1.40. The molecule has 23 heavy (non-hydrogen) atoms. The van der Waals surface area contributed by atoms with E-state index >= 15 is 0 Å². The normalized spacial score (nSPS) is 17.0. The van der Waals surface area contributed by atoms with Crippen LogP contribution in [0.4, 0.5) is 18.9 Å². The Kier molecular flexibility index (Phi) is 4.73. The molecule has 1 aromatic carbocycles. The summed E-state index contributed by atoms with van der Waals surface area (Å²) in [4.78, 5) is 1.15. The third-order valence-electron chi connectivity index (χ3n) is 3.14. The fourth-order valence-electron chi connectivity index (χ4n) is 1.84. The first-order valence-corrected chi connectivity index (χ1v) is 8.27. The third-order valence-corrected chi connectivity index (χ3v) is 4.85. The molecule has 2 rings (SSSR count). The molecule has 6 nitrogen and oxygen atoms in total. The van der Waals surface area contributed by atoms with Gasteiger partial charge in [0.25, 0.3) is 10.1 Å². The van der Waals surface area contributed by atoms with Crippen LogP contribution in [0.15, 0.2) is 17.2 Å². The van der Waals surface area contributed by atoms with Crippen LogP contribution in [-0.2, 0) is 16.3 Å². The molecule has 0 saturated carbocycles. The van der Waals surface area contributed by atoms with E-state index in [9.17, 15) is 21.6 Å². The Morgan fingerprint density at radius 1 is 1.30 bits per heavy atom. The van der Waals surface area contributed by atoms with Gasteiger partial charge < -0.3 is 4.90 Å². The molecule has 1 aliphatic heterocycles. The second kappa shape index (κ2) is 6.00.